The maximum atomic E-state index is 14.2. The zero-order valence-electron chi connectivity index (χ0n) is 16.8. The number of carbonyl (C=O) groups excluding carboxylic acids is 2. The third-order valence-electron chi connectivity index (χ3n) is 4.51. The van der Waals surface area contributed by atoms with Crippen molar-refractivity contribution in [1.29, 1.82) is 0 Å². The van der Waals surface area contributed by atoms with Crippen LogP contribution in [0.5, 0.6) is 0 Å². The maximum absolute atomic E-state index is 14.2. The van der Waals surface area contributed by atoms with E-state index in [9.17, 15) is 22.4 Å². The lowest BCUT2D eigenvalue weighted by molar-refractivity contribution is -0.139. The number of sulfonamides is 1. The second-order valence-electron chi connectivity index (χ2n) is 6.65. The van der Waals surface area contributed by atoms with Crippen LogP contribution in [0.1, 0.15) is 12.5 Å². The normalized spacial score (nSPS) is 12.2. The van der Waals surface area contributed by atoms with Crippen LogP contribution in [0.4, 0.5) is 10.1 Å². The van der Waals surface area contributed by atoms with E-state index in [2.05, 4.69) is 21.2 Å². The van der Waals surface area contributed by atoms with Gasteiger partial charge >= 0.3 is 0 Å². The number of hydrogen-bond acceptors (Lipinski definition) is 4. The number of carbonyl (C=O) groups is 2. The van der Waals surface area contributed by atoms with Crippen LogP contribution in [-0.4, -0.2) is 51.0 Å². The Morgan fingerprint density at radius 1 is 1.13 bits per heavy atom. The van der Waals surface area contributed by atoms with Crippen molar-refractivity contribution in [3.63, 3.8) is 0 Å². The lowest BCUT2D eigenvalue weighted by Gasteiger charge is -2.31. The van der Waals surface area contributed by atoms with E-state index < -0.39 is 40.2 Å². The molecule has 0 aliphatic rings. The third-order valence-corrected chi connectivity index (χ3v) is 6.18. The fourth-order valence-electron chi connectivity index (χ4n) is 2.82. The summed E-state index contributed by atoms with van der Waals surface area (Å²) in [6, 6.07) is 11.4. The molecule has 0 saturated carbocycles. The van der Waals surface area contributed by atoms with Crippen LogP contribution in [0.2, 0.25) is 0 Å². The number of nitrogens with zero attached hydrogens (tertiary/aromatic N) is 2. The molecule has 162 valence electrons. The summed E-state index contributed by atoms with van der Waals surface area (Å²) in [4.78, 5) is 26.5. The number of rotatable bonds is 8. The van der Waals surface area contributed by atoms with Gasteiger partial charge in [-0.15, -0.1) is 0 Å². The highest BCUT2D eigenvalue weighted by Crippen LogP contribution is 2.22. The quantitative estimate of drug-likeness (QED) is 0.604. The van der Waals surface area contributed by atoms with Gasteiger partial charge in [0.25, 0.3) is 0 Å². The first-order valence-corrected chi connectivity index (χ1v) is 11.7. The molecule has 2 aromatic carbocycles. The molecule has 0 radical (unpaired) electrons. The van der Waals surface area contributed by atoms with Crippen LogP contribution in [0.25, 0.3) is 0 Å². The smallest absolute Gasteiger partial charge is 0.244 e. The highest BCUT2D eigenvalue weighted by Gasteiger charge is 2.30. The van der Waals surface area contributed by atoms with Gasteiger partial charge in [0.1, 0.15) is 18.4 Å². The number of amides is 2. The predicted molar refractivity (Wildman–Crippen MR) is 117 cm³/mol. The van der Waals surface area contributed by atoms with Crippen LogP contribution >= 0.6 is 15.9 Å². The van der Waals surface area contributed by atoms with E-state index in [0.29, 0.717) is 5.69 Å². The van der Waals surface area contributed by atoms with Gasteiger partial charge in [0.05, 0.1) is 11.9 Å². The molecule has 2 amide bonds. The fourth-order valence-corrected chi connectivity index (χ4v) is 3.94. The Kier molecular flexibility index (Phi) is 7.96. The SMILES string of the molecule is CNC(=O)C(C)N(Cc1ccccc1F)C(=O)CN(c1ccc(Br)cc1)S(C)(=O)=O. The summed E-state index contributed by atoms with van der Waals surface area (Å²) in [6.45, 7) is 0.788. The van der Waals surface area contributed by atoms with E-state index in [1.54, 1.807) is 30.3 Å². The van der Waals surface area contributed by atoms with Crippen LogP contribution in [-0.2, 0) is 26.2 Å². The molecule has 1 N–H and O–H groups in total. The van der Waals surface area contributed by atoms with E-state index >= 15 is 0 Å². The summed E-state index contributed by atoms with van der Waals surface area (Å²) in [5, 5.41) is 2.46. The summed E-state index contributed by atoms with van der Waals surface area (Å²) in [7, 11) is -2.37. The molecule has 0 saturated heterocycles. The molecule has 0 bridgehead atoms. The molecule has 0 aliphatic heterocycles. The molecule has 0 fully saturated rings. The Bertz CT molecular complexity index is 1010. The number of halogens is 2. The minimum absolute atomic E-state index is 0.183. The molecule has 0 spiro atoms. The van der Waals surface area contributed by atoms with Gasteiger partial charge in [-0.3, -0.25) is 13.9 Å². The highest BCUT2D eigenvalue weighted by molar-refractivity contribution is 9.10. The Hall–Kier alpha value is -2.46. The summed E-state index contributed by atoms with van der Waals surface area (Å²) in [6.07, 6.45) is 0.992. The minimum Gasteiger partial charge on any atom is -0.357 e. The Balaban J connectivity index is 2.38. The lowest BCUT2D eigenvalue weighted by Crippen LogP contribution is -2.50. The van der Waals surface area contributed by atoms with Gasteiger partial charge in [-0.25, -0.2) is 12.8 Å². The molecular formula is C20H23BrFN3O4S. The van der Waals surface area contributed by atoms with E-state index in [0.717, 1.165) is 19.9 Å². The number of nitrogens with one attached hydrogen (secondary N) is 1. The van der Waals surface area contributed by atoms with Gasteiger partial charge < -0.3 is 10.2 Å². The van der Waals surface area contributed by atoms with Crippen molar-refractivity contribution in [3.05, 3.63) is 64.4 Å². The van der Waals surface area contributed by atoms with Gasteiger partial charge in [0.15, 0.2) is 0 Å². The summed E-state index contributed by atoms with van der Waals surface area (Å²) >= 11 is 3.28. The van der Waals surface area contributed by atoms with Crippen molar-refractivity contribution in [1.82, 2.24) is 10.2 Å². The summed E-state index contributed by atoms with van der Waals surface area (Å²) in [5.74, 6) is -1.61. The van der Waals surface area contributed by atoms with Crippen LogP contribution < -0.4 is 9.62 Å². The topological polar surface area (TPSA) is 86.8 Å². The predicted octanol–water partition coefficient (Wildman–Crippen LogP) is 2.52. The summed E-state index contributed by atoms with van der Waals surface area (Å²) in [5.41, 5.74) is 0.517. The first-order valence-electron chi connectivity index (χ1n) is 9.02. The molecule has 0 aromatic heterocycles. The van der Waals surface area contributed by atoms with E-state index in [-0.39, 0.29) is 12.1 Å². The van der Waals surface area contributed by atoms with Crippen molar-refractivity contribution < 1.29 is 22.4 Å². The van der Waals surface area contributed by atoms with Gasteiger partial charge in [-0.1, -0.05) is 34.1 Å². The first kappa shape index (κ1) is 23.8. The highest BCUT2D eigenvalue weighted by atomic mass is 79.9. The first-order chi connectivity index (χ1) is 14.0. The van der Waals surface area contributed by atoms with Crippen LogP contribution in [0.3, 0.4) is 0 Å². The van der Waals surface area contributed by atoms with Gasteiger partial charge in [0, 0.05) is 23.6 Å². The van der Waals surface area contributed by atoms with Crippen LogP contribution in [0, 0.1) is 5.82 Å². The van der Waals surface area contributed by atoms with Crippen molar-refractivity contribution in [2.75, 3.05) is 24.2 Å². The van der Waals surface area contributed by atoms with E-state index in [1.165, 1.54) is 32.2 Å². The van der Waals surface area contributed by atoms with E-state index in [4.69, 9.17) is 0 Å². The molecule has 1 atom stereocenters. The van der Waals surface area contributed by atoms with E-state index in [1.807, 2.05) is 0 Å². The molecule has 0 heterocycles. The third kappa shape index (κ3) is 6.02. The molecule has 2 rings (SSSR count). The summed E-state index contributed by atoms with van der Waals surface area (Å²) < 4.78 is 40.6. The average molecular weight is 500 g/mol. The maximum Gasteiger partial charge on any atom is 0.244 e. The standard InChI is InChI=1S/C20H23BrFN3O4S/c1-14(20(27)23-2)24(12-15-6-4-5-7-18(15)22)19(26)13-25(30(3,28)29)17-10-8-16(21)9-11-17/h4-11,14H,12-13H2,1-3H3,(H,23,27). The van der Waals surface area contributed by atoms with Crippen molar-refractivity contribution in [2.24, 2.45) is 0 Å². The molecule has 30 heavy (non-hydrogen) atoms. The zero-order chi connectivity index (χ0) is 22.5. The molecule has 10 heteroatoms. The number of hydrogen-bond donors (Lipinski definition) is 1. The fraction of sp³-hybridized carbons (Fsp3) is 0.300. The average Bonchev–Trinajstić information content (AvgIpc) is 2.70. The van der Waals surface area contributed by atoms with Crippen molar-refractivity contribution in [2.45, 2.75) is 19.5 Å². The van der Waals surface area contributed by atoms with Crippen molar-refractivity contribution >= 4 is 43.5 Å². The molecule has 7 nitrogen and oxygen atoms in total. The lowest BCUT2D eigenvalue weighted by atomic mass is 10.1. The largest absolute Gasteiger partial charge is 0.357 e. The van der Waals surface area contributed by atoms with Gasteiger partial charge in [-0.05, 0) is 37.3 Å². The Morgan fingerprint density at radius 3 is 2.27 bits per heavy atom. The van der Waals surface area contributed by atoms with Crippen LogP contribution in [0.15, 0.2) is 53.0 Å². The number of likely N-dealkylation sites (N-methyl/N-ethyl adjacent to an activating group) is 1. The molecule has 0 aliphatic carbocycles. The number of benzene rings is 2. The van der Waals surface area contributed by atoms with Gasteiger partial charge in [-0.2, -0.15) is 0 Å². The number of anilines is 1. The molecule has 1 unspecified atom stereocenters. The molecular weight excluding hydrogens is 477 g/mol. The Labute approximate surface area is 184 Å². The zero-order valence-corrected chi connectivity index (χ0v) is 19.2. The second-order valence-corrected chi connectivity index (χ2v) is 9.47. The van der Waals surface area contributed by atoms with Gasteiger partial charge in [0.2, 0.25) is 21.8 Å². The minimum atomic E-state index is -3.80. The second kappa shape index (κ2) is 10.0. The van der Waals surface area contributed by atoms with Crippen molar-refractivity contribution in [3.8, 4) is 0 Å². The monoisotopic (exact) mass is 499 g/mol. The Morgan fingerprint density at radius 2 is 1.73 bits per heavy atom. The molecule has 2 aromatic rings.